The van der Waals surface area contributed by atoms with Crippen LogP contribution in [-0.4, -0.2) is 43.7 Å². The fourth-order valence-electron chi connectivity index (χ4n) is 3.05. The lowest BCUT2D eigenvalue weighted by Crippen LogP contribution is -2.31. The number of para-hydroxylation sites is 1. The van der Waals surface area contributed by atoms with E-state index < -0.39 is 15.9 Å². The molecule has 0 unspecified atom stereocenters. The van der Waals surface area contributed by atoms with Crippen molar-refractivity contribution in [2.75, 3.05) is 18.4 Å². The molecule has 0 fully saturated rings. The van der Waals surface area contributed by atoms with Crippen LogP contribution >= 0.6 is 0 Å². The first kappa shape index (κ1) is 23.6. The van der Waals surface area contributed by atoms with Crippen molar-refractivity contribution in [3.63, 3.8) is 0 Å². The maximum absolute atomic E-state index is 12.9. The van der Waals surface area contributed by atoms with E-state index in [1.165, 1.54) is 10.4 Å². The SMILES string of the molecule is CCN(CC)S(=O)(=O)c1cc(C(=O)Nc2ccccc2C(=O)NC(C)C)ccc1C. The molecule has 2 rings (SSSR count). The Bertz CT molecular complexity index is 1030. The third kappa shape index (κ3) is 5.25. The van der Waals surface area contributed by atoms with Crippen molar-refractivity contribution in [2.24, 2.45) is 0 Å². The number of nitrogens with zero attached hydrogens (tertiary/aromatic N) is 1. The predicted octanol–water partition coefficient (Wildman–Crippen LogP) is 3.42. The number of benzene rings is 2. The van der Waals surface area contributed by atoms with Crippen LogP contribution in [-0.2, 0) is 10.0 Å². The van der Waals surface area contributed by atoms with Crippen molar-refractivity contribution in [2.45, 2.75) is 45.6 Å². The molecule has 0 radical (unpaired) electrons. The second-order valence-corrected chi connectivity index (χ2v) is 9.10. The Kier molecular flexibility index (Phi) is 7.75. The molecule has 7 nitrogen and oxygen atoms in total. The third-order valence-electron chi connectivity index (χ3n) is 4.61. The van der Waals surface area contributed by atoms with Crippen molar-refractivity contribution in [3.8, 4) is 0 Å². The highest BCUT2D eigenvalue weighted by Gasteiger charge is 2.25. The van der Waals surface area contributed by atoms with Gasteiger partial charge in [-0.15, -0.1) is 0 Å². The Balaban J connectivity index is 2.37. The molecule has 2 aromatic rings. The van der Waals surface area contributed by atoms with Gasteiger partial charge in [0.15, 0.2) is 0 Å². The van der Waals surface area contributed by atoms with E-state index in [2.05, 4.69) is 10.6 Å². The predicted molar refractivity (Wildman–Crippen MR) is 118 cm³/mol. The van der Waals surface area contributed by atoms with Gasteiger partial charge in [0.2, 0.25) is 10.0 Å². The zero-order chi connectivity index (χ0) is 22.5. The molecule has 30 heavy (non-hydrogen) atoms. The number of nitrogens with one attached hydrogen (secondary N) is 2. The summed E-state index contributed by atoms with van der Waals surface area (Å²) in [5.74, 6) is -0.787. The van der Waals surface area contributed by atoms with Crippen LogP contribution in [0.4, 0.5) is 5.69 Å². The van der Waals surface area contributed by atoms with Gasteiger partial charge in [0.05, 0.1) is 16.1 Å². The van der Waals surface area contributed by atoms with E-state index in [9.17, 15) is 18.0 Å². The lowest BCUT2D eigenvalue weighted by molar-refractivity contribution is 0.0944. The first-order valence-electron chi connectivity index (χ1n) is 9.93. The fourth-order valence-corrected chi connectivity index (χ4v) is 4.76. The van der Waals surface area contributed by atoms with Gasteiger partial charge in [0.25, 0.3) is 11.8 Å². The van der Waals surface area contributed by atoms with E-state index in [0.717, 1.165) is 0 Å². The Morgan fingerprint density at radius 3 is 2.23 bits per heavy atom. The molecule has 2 amide bonds. The topological polar surface area (TPSA) is 95.6 Å². The summed E-state index contributed by atoms with van der Waals surface area (Å²) in [7, 11) is -3.71. The third-order valence-corrected chi connectivity index (χ3v) is 6.81. The molecule has 0 atom stereocenters. The Morgan fingerprint density at radius 2 is 1.63 bits per heavy atom. The number of rotatable bonds is 8. The summed E-state index contributed by atoms with van der Waals surface area (Å²) in [6.07, 6.45) is 0. The summed E-state index contributed by atoms with van der Waals surface area (Å²) < 4.78 is 27.2. The summed E-state index contributed by atoms with van der Waals surface area (Å²) >= 11 is 0. The zero-order valence-corrected chi connectivity index (χ0v) is 18.8. The standard InChI is InChI=1S/C22H29N3O4S/c1-6-25(7-2)30(28,29)20-14-17(13-12-16(20)5)21(26)24-19-11-9-8-10-18(19)22(27)23-15(3)4/h8-15H,6-7H2,1-5H3,(H,23,27)(H,24,26). The van der Waals surface area contributed by atoms with Crippen LogP contribution < -0.4 is 10.6 Å². The first-order valence-corrected chi connectivity index (χ1v) is 11.4. The molecule has 8 heteroatoms. The van der Waals surface area contributed by atoms with Crippen LogP contribution in [0.5, 0.6) is 0 Å². The van der Waals surface area contributed by atoms with Crippen LogP contribution in [0.25, 0.3) is 0 Å². The molecule has 0 aromatic heterocycles. The molecule has 2 aromatic carbocycles. The van der Waals surface area contributed by atoms with Gasteiger partial charge in [-0.25, -0.2) is 8.42 Å². The molecule has 0 saturated carbocycles. The Labute approximate surface area is 178 Å². The van der Waals surface area contributed by atoms with Crippen LogP contribution in [0, 0.1) is 6.92 Å². The molecular weight excluding hydrogens is 402 g/mol. The number of hydrogen-bond donors (Lipinski definition) is 2. The molecule has 0 spiro atoms. The van der Waals surface area contributed by atoms with E-state index in [1.54, 1.807) is 57.2 Å². The van der Waals surface area contributed by atoms with E-state index in [1.807, 2.05) is 13.8 Å². The van der Waals surface area contributed by atoms with Gasteiger partial charge in [-0.1, -0.05) is 32.0 Å². The molecule has 162 valence electrons. The summed E-state index contributed by atoms with van der Waals surface area (Å²) in [4.78, 5) is 25.4. The van der Waals surface area contributed by atoms with E-state index in [0.29, 0.717) is 29.9 Å². The van der Waals surface area contributed by atoms with E-state index >= 15 is 0 Å². The van der Waals surface area contributed by atoms with Crippen LogP contribution in [0.1, 0.15) is 54.0 Å². The number of aryl methyl sites for hydroxylation is 1. The highest BCUT2D eigenvalue weighted by molar-refractivity contribution is 7.89. The van der Waals surface area contributed by atoms with E-state index in [-0.39, 0.29) is 22.4 Å². The van der Waals surface area contributed by atoms with Gasteiger partial charge >= 0.3 is 0 Å². The second-order valence-electron chi connectivity index (χ2n) is 7.20. The molecule has 0 aliphatic rings. The summed E-state index contributed by atoms with van der Waals surface area (Å²) in [6.45, 7) is 9.62. The minimum Gasteiger partial charge on any atom is -0.350 e. The summed E-state index contributed by atoms with van der Waals surface area (Å²) in [5.41, 5.74) is 1.46. The van der Waals surface area contributed by atoms with Gasteiger partial charge < -0.3 is 10.6 Å². The first-order chi connectivity index (χ1) is 14.1. The Hall–Kier alpha value is -2.71. The van der Waals surface area contributed by atoms with Crippen molar-refractivity contribution in [1.29, 1.82) is 0 Å². The molecule has 0 aliphatic carbocycles. The van der Waals surface area contributed by atoms with Gasteiger partial charge in [-0.3, -0.25) is 9.59 Å². The maximum Gasteiger partial charge on any atom is 0.255 e. The maximum atomic E-state index is 12.9. The van der Waals surface area contributed by atoms with Gasteiger partial charge in [-0.05, 0) is 50.6 Å². The molecule has 0 aliphatic heterocycles. The molecule has 0 saturated heterocycles. The minimum atomic E-state index is -3.71. The number of sulfonamides is 1. The number of hydrogen-bond acceptors (Lipinski definition) is 4. The number of carbonyl (C=O) groups excluding carboxylic acids is 2. The zero-order valence-electron chi connectivity index (χ0n) is 18.0. The molecule has 2 N–H and O–H groups in total. The van der Waals surface area contributed by atoms with Gasteiger partial charge in [0, 0.05) is 24.7 Å². The molecule has 0 bridgehead atoms. The Morgan fingerprint density at radius 1 is 1.00 bits per heavy atom. The van der Waals surface area contributed by atoms with Crippen molar-refractivity contribution >= 4 is 27.5 Å². The number of anilines is 1. The molecule has 0 heterocycles. The van der Waals surface area contributed by atoms with Gasteiger partial charge in [-0.2, -0.15) is 4.31 Å². The van der Waals surface area contributed by atoms with Crippen LogP contribution in [0.3, 0.4) is 0 Å². The quantitative estimate of drug-likeness (QED) is 0.669. The van der Waals surface area contributed by atoms with Crippen LogP contribution in [0.15, 0.2) is 47.4 Å². The highest BCUT2D eigenvalue weighted by atomic mass is 32.2. The van der Waals surface area contributed by atoms with Gasteiger partial charge in [0.1, 0.15) is 0 Å². The average Bonchev–Trinajstić information content (AvgIpc) is 2.68. The smallest absolute Gasteiger partial charge is 0.255 e. The lowest BCUT2D eigenvalue weighted by Gasteiger charge is -2.20. The summed E-state index contributed by atoms with van der Waals surface area (Å²) in [5, 5.41) is 5.53. The van der Waals surface area contributed by atoms with Crippen LogP contribution in [0.2, 0.25) is 0 Å². The van der Waals surface area contributed by atoms with E-state index in [4.69, 9.17) is 0 Å². The number of amides is 2. The lowest BCUT2D eigenvalue weighted by atomic mass is 10.1. The summed E-state index contributed by atoms with van der Waals surface area (Å²) in [6, 6.07) is 11.2. The fraction of sp³-hybridized carbons (Fsp3) is 0.364. The van der Waals surface area contributed by atoms with Crippen molar-refractivity contribution in [3.05, 3.63) is 59.2 Å². The normalized spacial score (nSPS) is 11.6. The molecular formula is C22H29N3O4S. The minimum absolute atomic E-state index is 0.0498. The highest BCUT2D eigenvalue weighted by Crippen LogP contribution is 2.23. The monoisotopic (exact) mass is 431 g/mol. The largest absolute Gasteiger partial charge is 0.350 e. The average molecular weight is 432 g/mol. The van der Waals surface area contributed by atoms with Crippen molar-refractivity contribution < 1.29 is 18.0 Å². The van der Waals surface area contributed by atoms with Crippen molar-refractivity contribution in [1.82, 2.24) is 9.62 Å². The second kappa shape index (κ2) is 9.86. The number of carbonyl (C=O) groups is 2.